The maximum Gasteiger partial charge on any atom is 0.236 e. The summed E-state index contributed by atoms with van der Waals surface area (Å²) in [6, 6.07) is 56.0. The van der Waals surface area contributed by atoms with Gasteiger partial charge in [-0.3, -0.25) is 9.59 Å². The van der Waals surface area contributed by atoms with Gasteiger partial charge in [-0.1, -0.05) is 146 Å². The van der Waals surface area contributed by atoms with Gasteiger partial charge >= 0.3 is 0 Å². The van der Waals surface area contributed by atoms with Crippen LogP contribution in [-0.2, 0) is 35.3 Å². The summed E-state index contributed by atoms with van der Waals surface area (Å²) < 4.78 is 22.0. The number of amides is 2. The van der Waals surface area contributed by atoms with E-state index in [4.69, 9.17) is 18.9 Å². The van der Waals surface area contributed by atoms with Crippen LogP contribution in [0.4, 0.5) is 0 Å². The summed E-state index contributed by atoms with van der Waals surface area (Å²) in [7, 11) is 6.46. The van der Waals surface area contributed by atoms with Crippen LogP contribution < -0.4 is 29.6 Å². The van der Waals surface area contributed by atoms with E-state index in [2.05, 4.69) is 10.6 Å². The molecule has 0 aliphatic heterocycles. The van der Waals surface area contributed by atoms with Gasteiger partial charge in [-0.05, 0) is 116 Å². The molecule has 4 N–H and O–H groups in total. The van der Waals surface area contributed by atoms with Gasteiger partial charge in [0.1, 0.15) is 28.4 Å². The number of fused-ring (bicyclic) bond motifs is 2. The minimum absolute atomic E-state index is 0.142. The first-order valence-corrected chi connectivity index (χ1v) is 25.0. The van der Waals surface area contributed by atoms with E-state index in [0.29, 0.717) is 47.0 Å². The van der Waals surface area contributed by atoms with Gasteiger partial charge in [0.25, 0.3) is 0 Å². The fraction of sp³-hybridized carbons (Fsp3) is 0.270. The van der Waals surface area contributed by atoms with Crippen LogP contribution in [-0.4, -0.2) is 61.7 Å². The average Bonchev–Trinajstić information content (AvgIpc) is 3.94. The Hall–Kier alpha value is -7.66. The summed E-state index contributed by atoms with van der Waals surface area (Å²) in [4.78, 5) is 31.9. The highest BCUT2D eigenvalue weighted by Crippen LogP contribution is 2.45. The van der Waals surface area contributed by atoms with Crippen molar-refractivity contribution in [2.24, 2.45) is 5.41 Å². The van der Waals surface area contributed by atoms with E-state index >= 15 is 9.59 Å². The number of hydrogen-bond donors (Lipinski definition) is 4. The zero-order valence-electron chi connectivity index (χ0n) is 42.0. The van der Waals surface area contributed by atoms with Crippen molar-refractivity contribution >= 4 is 33.4 Å². The van der Waals surface area contributed by atoms with E-state index in [1.54, 1.807) is 28.4 Å². The molecule has 8 aromatic rings. The smallest absolute Gasteiger partial charge is 0.236 e. The molecule has 0 radical (unpaired) electrons. The van der Waals surface area contributed by atoms with Crippen LogP contribution in [0.3, 0.4) is 0 Å². The van der Waals surface area contributed by atoms with Gasteiger partial charge in [-0.2, -0.15) is 0 Å². The lowest BCUT2D eigenvalue weighted by Gasteiger charge is -2.42. The van der Waals surface area contributed by atoms with Crippen LogP contribution in [0.5, 0.6) is 23.0 Å². The number of hydrogen-bond acceptors (Lipinski definition) is 8. The third-order valence-corrected chi connectivity index (χ3v) is 14.9. The van der Waals surface area contributed by atoms with Gasteiger partial charge in [0, 0.05) is 25.7 Å². The molecule has 0 aromatic heterocycles. The van der Waals surface area contributed by atoms with Crippen LogP contribution in [0.15, 0.2) is 182 Å². The fourth-order valence-electron chi connectivity index (χ4n) is 11.0. The standard InChI is InChI=1S/C63H64N2O8/c1-70-49-29-21-43(22-30-49)39-62(68,40-44-23-31-50(71-2)32-24-44)57(55-19-11-15-47-13-5-7-17-53(47)55)64-59(66)61(37-9-10-38-61)60(67)65-58(56-20-12-16-48-14-6-8-18-54(48)56)63(69,41-45-25-33-51(72-3)34-26-45)42-46-27-35-52(73-4)36-28-46/h5-8,11-36,57-58,68-69H,9-10,37-42H2,1-4H3,(H,64,66)(H,65,67)/t57-,58-/m0/s1. The molecule has 8 aromatic carbocycles. The monoisotopic (exact) mass is 976 g/mol. The lowest BCUT2D eigenvalue weighted by Crippen LogP contribution is -2.58. The van der Waals surface area contributed by atoms with E-state index in [1.807, 2.05) is 182 Å². The van der Waals surface area contributed by atoms with E-state index in [1.165, 1.54) is 0 Å². The maximum absolute atomic E-state index is 15.9. The summed E-state index contributed by atoms with van der Waals surface area (Å²) in [5.41, 5.74) is -0.132. The molecule has 0 bridgehead atoms. The Kier molecular flexibility index (Phi) is 15.1. The van der Waals surface area contributed by atoms with Crippen molar-refractivity contribution in [3.05, 3.63) is 215 Å². The quantitative estimate of drug-likeness (QED) is 0.0555. The highest BCUT2D eigenvalue weighted by molar-refractivity contribution is 6.06. The van der Waals surface area contributed by atoms with E-state index in [0.717, 1.165) is 43.8 Å². The highest BCUT2D eigenvalue weighted by atomic mass is 16.5. The molecule has 1 saturated carbocycles. The molecule has 1 fully saturated rings. The van der Waals surface area contributed by atoms with Crippen molar-refractivity contribution in [3.63, 3.8) is 0 Å². The zero-order valence-corrected chi connectivity index (χ0v) is 42.0. The Morgan fingerprint density at radius 1 is 0.438 bits per heavy atom. The number of aliphatic hydroxyl groups is 2. The second-order valence-electron chi connectivity index (χ2n) is 19.5. The molecule has 2 amide bonds. The number of carbonyl (C=O) groups excluding carboxylic acids is 2. The molecule has 2 atom stereocenters. The van der Waals surface area contributed by atoms with Crippen molar-refractivity contribution in [1.29, 1.82) is 0 Å². The molecule has 9 rings (SSSR count). The first kappa shape index (κ1) is 50.3. The predicted octanol–water partition coefficient (Wildman–Crippen LogP) is 11.0. The third-order valence-electron chi connectivity index (χ3n) is 14.9. The minimum Gasteiger partial charge on any atom is -0.497 e. The molecule has 10 nitrogen and oxygen atoms in total. The summed E-state index contributed by atoms with van der Waals surface area (Å²) in [5, 5.41) is 37.8. The Morgan fingerprint density at radius 3 is 1.03 bits per heavy atom. The first-order chi connectivity index (χ1) is 35.5. The number of nitrogens with one attached hydrogen (secondary N) is 2. The summed E-state index contributed by atoms with van der Waals surface area (Å²) in [6.07, 6.45) is 2.35. The zero-order chi connectivity index (χ0) is 51.0. The van der Waals surface area contributed by atoms with Crippen LogP contribution in [0.1, 0.15) is 71.1 Å². The van der Waals surface area contributed by atoms with Crippen molar-refractivity contribution in [3.8, 4) is 23.0 Å². The van der Waals surface area contributed by atoms with Crippen LogP contribution in [0.25, 0.3) is 21.5 Å². The van der Waals surface area contributed by atoms with Crippen LogP contribution >= 0.6 is 0 Å². The molecule has 0 spiro atoms. The molecule has 10 heteroatoms. The second kappa shape index (κ2) is 22.0. The largest absolute Gasteiger partial charge is 0.497 e. The fourth-order valence-corrected chi connectivity index (χ4v) is 11.0. The van der Waals surface area contributed by atoms with Crippen molar-refractivity contribution in [2.75, 3.05) is 28.4 Å². The van der Waals surface area contributed by atoms with Crippen molar-refractivity contribution < 1.29 is 38.7 Å². The van der Waals surface area contributed by atoms with Crippen molar-refractivity contribution in [2.45, 2.75) is 74.7 Å². The Bertz CT molecular complexity index is 2830. The molecule has 374 valence electrons. The number of carbonyl (C=O) groups is 2. The summed E-state index contributed by atoms with van der Waals surface area (Å²) in [6.45, 7) is 0. The van der Waals surface area contributed by atoms with Gasteiger partial charge < -0.3 is 39.8 Å². The van der Waals surface area contributed by atoms with Crippen LogP contribution in [0, 0.1) is 5.41 Å². The number of ether oxygens (including phenoxy) is 4. The molecule has 0 heterocycles. The van der Waals surface area contributed by atoms with Gasteiger partial charge in [0.15, 0.2) is 0 Å². The highest BCUT2D eigenvalue weighted by Gasteiger charge is 2.53. The predicted molar refractivity (Wildman–Crippen MR) is 287 cm³/mol. The van der Waals surface area contributed by atoms with Gasteiger partial charge in [0.05, 0.1) is 51.7 Å². The van der Waals surface area contributed by atoms with E-state index in [-0.39, 0.29) is 38.5 Å². The topological polar surface area (TPSA) is 136 Å². The van der Waals surface area contributed by atoms with Crippen molar-refractivity contribution in [1.82, 2.24) is 10.6 Å². The molecule has 73 heavy (non-hydrogen) atoms. The third kappa shape index (κ3) is 10.9. The summed E-state index contributed by atoms with van der Waals surface area (Å²) >= 11 is 0. The molecule has 1 aliphatic carbocycles. The Balaban J connectivity index is 1.16. The van der Waals surface area contributed by atoms with Gasteiger partial charge in [-0.15, -0.1) is 0 Å². The molecule has 0 unspecified atom stereocenters. The number of rotatable bonds is 20. The van der Waals surface area contributed by atoms with E-state index < -0.39 is 40.5 Å². The molecule has 1 aliphatic rings. The lowest BCUT2D eigenvalue weighted by atomic mass is 9.75. The SMILES string of the molecule is COc1ccc(CC(O)(Cc2ccc(OC)cc2)[C@@H](NC(=O)C2(C(=O)N[C@@H](c3cccc4ccccc34)C(O)(Cc3ccc(OC)cc3)Cc3ccc(OC)cc3)CCCC2)c2cccc3ccccc23)cc1. The summed E-state index contributed by atoms with van der Waals surface area (Å²) in [5.74, 6) is 1.73. The maximum atomic E-state index is 15.9. The minimum atomic E-state index is -1.65. The number of benzene rings is 8. The molecular weight excluding hydrogens is 913 g/mol. The lowest BCUT2D eigenvalue weighted by molar-refractivity contribution is -0.147. The average molecular weight is 977 g/mol. The van der Waals surface area contributed by atoms with Crippen LogP contribution in [0.2, 0.25) is 0 Å². The number of methoxy groups -OCH3 is 4. The van der Waals surface area contributed by atoms with Gasteiger partial charge in [0.2, 0.25) is 11.8 Å². The first-order valence-electron chi connectivity index (χ1n) is 25.0. The normalized spacial score (nSPS) is 14.3. The van der Waals surface area contributed by atoms with E-state index in [9.17, 15) is 10.2 Å². The second-order valence-corrected chi connectivity index (χ2v) is 19.5. The molecule has 0 saturated heterocycles. The Morgan fingerprint density at radius 2 is 0.726 bits per heavy atom. The molecular formula is C63H64N2O8. The van der Waals surface area contributed by atoms with Gasteiger partial charge in [-0.25, -0.2) is 0 Å². The Labute approximate surface area is 427 Å².